The maximum atomic E-state index is 13.0. The molecule has 0 aromatic heterocycles. The average Bonchev–Trinajstić information content (AvgIpc) is 2.18. The molecule has 0 N–H and O–H groups in total. The Hall–Kier alpha value is -1.16. The molecule has 0 saturated carbocycles. The minimum Gasteiger partial charge on any atom is -0.292 e. The molecule has 0 saturated heterocycles. The van der Waals surface area contributed by atoms with Crippen LogP contribution in [0.2, 0.25) is 0 Å². The van der Waals surface area contributed by atoms with Gasteiger partial charge >= 0.3 is 0 Å². The zero-order valence-corrected chi connectivity index (χ0v) is 8.28. The maximum absolute atomic E-state index is 13.0. The van der Waals surface area contributed by atoms with Crippen LogP contribution in [0.25, 0.3) is 0 Å². The number of ketones is 1. The van der Waals surface area contributed by atoms with Crippen LogP contribution in [0, 0.1) is 0 Å². The number of rotatable bonds is 3. The summed E-state index contributed by atoms with van der Waals surface area (Å²) < 4.78 is 25.7. The van der Waals surface area contributed by atoms with Gasteiger partial charge in [0.1, 0.15) is 0 Å². The molecular formula is C10H8F2OS. The highest BCUT2D eigenvalue weighted by Gasteiger charge is 2.11. The number of hydrogen-bond acceptors (Lipinski definition) is 2. The van der Waals surface area contributed by atoms with Crippen LogP contribution >= 0.6 is 11.8 Å². The van der Waals surface area contributed by atoms with Gasteiger partial charge in [0, 0.05) is 11.8 Å². The summed E-state index contributed by atoms with van der Waals surface area (Å²) >= 11 is 0.597. The molecular weight excluding hydrogens is 206 g/mol. The third-order valence-electron chi connectivity index (χ3n) is 1.43. The number of carbonyl (C=O) groups is 1. The van der Waals surface area contributed by atoms with Gasteiger partial charge in [-0.2, -0.15) is 8.78 Å². The van der Waals surface area contributed by atoms with E-state index in [1.807, 2.05) is 0 Å². The number of allylic oxidation sites excluding steroid dienone is 1. The van der Waals surface area contributed by atoms with E-state index in [4.69, 9.17) is 0 Å². The van der Waals surface area contributed by atoms with Crippen LogP contribution in [0.3, 0.4) is 0 Å². The molecule has 74 valence electrons. The molecule has 14 heavy (non-hydrogen) atoms. The Balaban J connectivity index is 2.80. The first-order valence-corrected chi connectivity index (χ1v) is 4.72. The van der Waals surface area contributed by atoms with Gasteiger partial charge in [-0.15, -0.1) is 0 Å². The molecule has 0 heterocycles. The highest BCUT2D eigenvalue weighted by Crippen LogP contribution is 2.30. The second-order valence-corrected chi connectivity index (χ2v) is 3.59. The molecule has 0 aliphatic carbocycles. The minimum atomic E-state index is -1.32. The fourth-order valence-corrected chi connectivity index (χ4v) is 1.51. The van der Waals surface area contributed by atoms with Crippen molar-refractivity contribution < 1.29 is 13.6 Å². The van der Waals surface area contributed by atoms with Gasteiger partial charge < -0.3 is 0 Å². The van der Waals surface area contributed by atoms with Crippen molar-refractivity contribution in [1.29, 1.82) is 0 Å². The molecule has 0 fully saturated rings. The zero-order chi connectivity index (χ0) is 10.6. The van der Waals surface area contributed by atoms with E-state index in [0.717, 1.165) is 6.92 Å². The van der Waals surface area contributed by atoms with Crippen molar-refractivity contribution >= 4 is 17.5 Å². The van der Waals surface area contributed by atoms with Crippen molar-refractivity contribution in [3.63, 3.8) is 0 Å². The SMILES string of the molecule is CC(=O)/C(F)=C(\F)Sc1ccccc1. The van der Waals surface area contributed by atoms with E-state index in [1.54, 1.807) is 30.3 Å². The molecule has 0 atom stereocenters. The topological polar surface area (TPSA) is 17.1 Å². The van der Waals surface area contributed by atoms with E-state index in [0.29, 0.717) is 16.7 Å². The molecule has 4 heteroatoms. The molecule has 1 aromatic carbocycles. The van der Waals surface area contributed by atoms with Crippen LogP contribution in [-0.4, -0.2) is 5.78 Å². The van der Waals surface area contributed by atoms with E-state index >= 15 is 0 Å². The van der Waals surface area contributed by atoms with E-state index < -0.39 is 16.8 Å². The quantitative estimate of drug-likeness (QED) is 0.566. The van der Waals surface area contributed by atoms with Crippen molar-refractivity contribution in [2.24, 2.45) is 0 Å². The van der Waals surface area contributed by atoms with Crippen molar-refractivity contribution in [1.82, 2.24) is 0 Å². The fraction of sp³-hybridized carbons (Fsp3) is 0.100. The monoisotopic (exact) mass is 214 g/mol. The van der Waals surface area contributed by atoms with Crippen LogP contribution in [0.4, 0.5) is 8.78 Å². The Morgan fingerprint density at radius 1 is 1.21 bits per heavy atom. The largest absolute Gasteiger partial charge is 0.292 e. The van der Waals surface area contributed by atoms with Gasteiger partial charge in [-0.3, -0.25) is 4.79 Å². The summed E-state index contributed by atoms with van der Waals surface area (Å²) in [5.41, 5.74) is 0. The third kappa shape index (κ3) is 2.96. The Morgan fingerprint density at radius 2 is 1.79 bits per heavy atom. The first-order valence-electron chi connectivity index (χ1n) is 3.90. The lowest BCUT2D eigenvalue weighted by Crippen LogP contribution is -1.91. The lowest BCUT2D eigenvalue weighted by Gasteiger charge is -1.98. The van der Waals surface area contributed by atoms with Crippen molar-refractivity contribution in [3.8, 4) is 0 Å². The molecule has 0 amide bonds. The predicted molar refractivity (Wildman–Crippen MR) is 52.2 cm³/mol. The van der Waals surface area contributed by atoms with Gasteiger partial charge in [-0.1, -0.05) is 30.0 Å². The van der Waals surface area contributed by atoms with Crippen LogP contribution in [0.15, 0.2) is 46.2 Å². The fourth-order valence-electron chi connectivity index (χ4n) is 0.775. The lowest BCUT2D eigenvalue weighted by atomic mass is 10.4. The number of carbonyl (C=O) groups excluding carboxylic acids is 1. The maximum Gasteiger partial charge on any atom is 0.208 e. The Morgan fingerprint density at radius 3 is 2.29 bits per heavy atom. The van der Waals surface area contributed by atoms with Gasteiger partial charge in [0.15, 0.2) is 5.78 Å². The molecule has 1 nitrogen and oxygen atoms in total. The smallest absolute Gasteiger partial charge is 0.208 e. The molecule has 0 aliphatic rings. The Bertz CT molecular complexity index is 360. The second kappa shape index (κ2) is 4.91. The number of hydrogen-bond donors (Lipinski definition) is 0. The molecule has 0 bridgehead atoms. The van der Waals surface area contributed by atoms with E-state index in [1.165, 1.54) is 0 Å². The van der Waals surface area contributed by atoms with Crippen LogP contribution in [0.1, 0.15) is 6.92 Å². The number of benzene rings is 1. The number of halogens is 2. The molecule has 0 unspecified atom stereocenters. The van der Waals surface area contributed by atoms with Gasteiger partial charge in [-0.05, 0) is 12.1 Å². The normalized spacial score (nSPS) is 12.2. The minimum absolute atomic E-state index is 0.557. The van der Waals surface area contributed by atoms with Crippen molar-refractivity contribution in [2.45, 2.75) is 11.8 Å². The van der Waals surface area contributed by atoms with Gasteiger partial charge in [0.2, 0.25) is 11.0 Å². The standard InChI is InChI=1S/C10H8F2OS/c1-7(13)9(11)10(12)14-8-5-3-2-4-6-8/h2-6H,1H3/b10-9-. The second-order valence-electron chi connectivity index (χ2n) is 2.56. The van der Waals surface area contributed by atoms with E-state index in [9.17, 15) is 13.6 Å². The molecule has 0 radical (unpaired) electrons. The molecule has 1 rings (SSSR count). The first-order chi connectivity index (χ1) is 6.61. The summed E-state index contributed by atoms with van der Waals surface area (Å²) in [6.07, 6.45) is 0. The van der Waals surface area contributed by atoms with Crippen LogP contribution in [0.5, 0.6) is 0 Å². The Kier molecular flexibility index (Phi) is 3.83. The summed E-state index contributed by atoms with van der Waals surface area (Å²) in [7, 11) is 0. The van der Waals surface area contributed by atoms with Gasteiger partial charge in [0.25, 0.3) is 0 Å². The summed E-state index contributed by atoms with van der Waals surface area (Å²) in [6, 6.07) is 8.46. The van der Waals surface area contributed by atoms with Gasteiger partial charge in [-0.25, -0.2) is 0 Å². The first kappa shape index (κ1) is 10.9. The molecule has 1 aromatic rings. The average molecular weight is 214 g/mol. The number of Topliss-reactive ketones (excluding diaryl/α,β-unsaturated/α-hetero) is 1. The Labute approximate surface area is 84.8 Å². The van der Waals surface area contributed by atoms with E-state index in [2.05, 4.69) is 0 Å². The summed E-state index contributed by atoms with van der Waals surface area (Å²) in [4.78, 5) is 11.0. The zero-order valence-electron chi connectivity index (χ0n) is 7.46. The van der Waals surface area contributed by atoms with Crippen molar-refractivity contribution in [3.05, 3.63) is 41.3 Å². The molecule has 0 spiro atoms. The van der Waals surface area contributed by atoms with E-state index in [-0.39, 0.29) is 0 Å². The lowest BCUT2D eigenvalue weighted by molar-refractivity contribution is -0.115. The highest BCUT2D eigenvalue weighted by molar-refractivity contribution is 8.03. The predicted octanol–water partition coefficient (Wildman–Crippen LogP) is 3.48. The summed E-state index contributed by atoms with van der Waals surface area (Å²) in [6.45, 7) is 0.987. The van der Waals surface area contributed by atoms with Gasteiger partial charge in [0.05, 0.1) is 0 Å². The summed E-state index contributed by atoms with van der Waals surface area (Å²) in [5.74, 6) is -2.22. The third-order valence-corrected chi connectivity index (χ3v) is 2.30. The van der Waals surface area contributed by atoms with Crippen molar-refractivity contribution in [2.75, 3.05) is 0 Å². The van der Waals surface area contributed by atoms with Crippen LogP contribution < -0.4 is 0 Å². The summed E-state index contributed by atoms with van der Waals surface area (Å²) in [5, 5.41) is -1.09. The molecule has 0 aliphatic heterocycles. The highest BCUT2D eigenvalue weighted by atomic mass is 32.2. The number of thioether (sulfide) groups is 1. The van der Waals surface area contributed by atoms with Crippen LogP contribution in [-0.2, 0) is 4.79 Å².